The molecule has 0 aliphatic rings. The van der Waals surface area contributed by atoms with Crippen LogP contribution >= 0.6 is 11.6 Å². The zero-order valence-electron chi connectivity index (χ0n) is 2.37. The van der Waals surface area contributed by atoms with Crippen molar-refractivity contribution in [1.82, 2.24) is 0 Å². The summed E-state index contributed by atoms with van der Waals surface area (Å²) in [6, 6.07) is 0.222. The second-order valence-electron chi connectivity index (χ2n) is 0.154. The Morgan fingerprint density at radius 1 is 1.75 bits per heavy atom. The van der Waals surface area contributed by atoms with Crippen LogP contribution in [0.1, 0.15) is 0 Å². The van der Waals surface area contributed by atoms with Crippen molar-refractivity contribution in [1.29, 1.82) is 0 Å². The van der Waals surface area contributed by atoms with Gasteiger partial charge in [-0.3, -0.25) is 0 Å². The number of alkyl halides is 1. The molecule has 0 aromatic carbocycles. The minimum absolute atomic E-state index is 0. The average molecular weight is 275 g/mol. The summed E-state index contributed by atoms with van der Waals surface area (Å²) in [7, 11) is 0. The van der Waals surface area contributed by atoms with Crippen molar-refractivity contribution in [3.8, 4) is 0 Å². The van der Waals surface area contributed by atoms with Crippen LogP contribution in [-0.4, -0.2) is 33.3 Å². The van der Waals surface area contributed by atoms with E-state index in [1.165, 1.54) is 0 Å². The van der Waals surface area contributed by atoms with Gasteiger partial charge in [0.1, 0.15) is 0 Å². The van der Waals surface area contributed by atoms with Gasteiger partial charge in [0.25, 0.3) is 0 Å². The Kier molecular flexibility index (Phi) is 19.9. The fourth-order valence-corrected chi connectivity index (χ4v) is 0. The minimum atomic E-state index is 0. The molecule has 0 spiro atoms. The van der Waals surface area contributed by atoms with Gasteiger partial charge in [0.15, 0.2) is 0 Å². The Morgan fingerprint density at radius 3 is 1.75 bits per heavy atom. The van der Waals surface area contributed by atoms with Gasteiger partial charge in [-0.1, -0.05) is 0 Å². The van der Waals surface area contributed by atoms with Gasteiger partial charge in [0.2, 0.25) is 0 Å². The molecule has 0 aliphatic carbocycles. The van der Waals surface area contributed by atoms with Gasteiger partial charge in [-0.2, -0.15) is 0 Å². The van der Waals surface area contributed by atoms with E-state index in [4.69, 9.17) is 11.6 Å². The van der Waals surface area contributed by atoms with Crippen LogP contribution in [0.3, 0.4) is 0 Å². The maximum absolute atomic E-state index is 4.78. The van der Waals surface area contributed by atoms with E-state index >= 15 is 0 Å². The molecule has 0 saturated carbocycles. The van der Waals surface area contributed by atoms with Crippen molar-refractivity contribution in [2.75, 3.05) is 6.00 Å². The van der Waals surface area contributed by atoms with Crippen LogP contribution in [0, 0.1) is 0 Å². The van der Waals surface area contributed by atoms with Gasteiger partial charge in [-0.05, 0) is 0 Å². The fraction of sp³-hybridized carbons (Fsp3) is 1.00. The molecule has 0 bridgehead atoms. The normalized spacial score (nSPS) is 4.50. The van der Waals surface area contributed by atoms with Gasteiger partial charge in [0, 0.05) is 0 Å². The van der Waals surface area contributed by atoms with Gasteiger partial charge >= 0.3 is 27.3 Å². The standard InChI is InChI=1S/CH4ClN.Pb.2H/c2-1-3;;;/h1,3H2;;;. The van der Waals surface area contributed by atoms with Gasteiger partial charge in [0.05, 0.1) is 6.00 Å². The first-order chi connectivity index (χ1) is 1.41. The summed E-state index contributed by atoms with van der Waals surface area (Å²) in [5, 5.41) is 0. The molecule has 0 aromatic rings. The zero-order valence-corrected chi connectivity index (χ0v) is 8.62. The second-order valence-corrected chi connectivity index (χ2v) is 0.463. The van der Waals surface area contributed by atoms with Crippen LogP contribution in [0.5, 0.6) is 0 Å². The van der Waals surface area contributed by atoms with E-state index in [9.17, 15) is 0 Å². The van der Waals surface area contributed by atoms with Crippen molar-refractivity contribution >= 4 is 38.9 Å². The number of hydrogen-bond donors (Lipinski definition) is 1. The monoisotopic (exact) mass is 275 g/mol. The molecule has 0 rings (SSSR count). The summed E-state index contributed by atoms with van der Waals surface area (Å²) >= 11 is 4.78. The zero-order chi connectivity index (χ0) is 2.71. The molecule has 0 fully saturated rings. The van der Waals surface area contributed by atoms with Crippen molar-refractivity contribution in [3.05, 3.63) is 0 Å². The number of nitrogens with two attached hydrogens (primary N) is 1. The molecule has 0 atom stereocenters. The summed E-state index contributed by atoms with van der Waals surface area (Å²) in [6.07, 6.45) is 0. The molecule has 26 valence electrons. The van der Waals surface area contributed by atoms with Crippen LogP contribution in [-0.2, 0) is 0 Å². The molecular weight excluding hydrogens is 269 g/mol. The van der Waals surface area contributed by atoms with Crippen LogP contribution in [0.15, 0.2) is 0 Å². The summed E-state index contributed by atoms with van der Waals surface area (Å²) in [6.45, 7) is 0. The van der Waals surface area contributed by atoms with Crippen molar-refractivity contribution < 1.29 is 0 Å². The Bertz CT molecular complexity index is 8.00. The second kappa shape index (κ2) is 8.90. The SMILES string of the molecule is NCCl.[PbH2]. The van der Waals surface area contributed by atoms with Crippen LogP contribution in [0.25, 0.3) is 0 Å². The quantitative estimate of drug-likeness (QED) is 0.350. The first-order valence-electron chi connectivity index (χ1n) is 0.676. The van der Waals surface area contributed by atoms with Crippen molar-refractivity contribution in [3.63, 3.8) is 0 Å². The third-order valence-corrected chi connectivity index (χ3v) is 0. The molecular formula is CH6ClNPb. The van der Waals surface area contributed by atoms with Gasteiger partial charge < -0.3 is 5.73 Å². The Balaban J connectivity index is 0. The molecule has 0 aromatic heterocycles. The Labute approximate surface area is 50.7 Å². The molecule has 0 unspecified atom stereocenters. The first-order valence-corrected chi connectivity index (χ1v) is 1.21. The Hall–Kier alpha value is 1.17. The van der Waals surface area contributed by atoms with Crippen LogP contribution in [0.4, 0.5) is 0 Å². The third kappa shape index (κ3) is 10.9. The summed E-state index contributed by atoms with van der Waals surface area (Å²) in [5.74, 6) is 0. The molecule has 0 saturated heterocycles. The molecule has 0 heterocycles. The number of halogens is 1. The van der Waals surface area contributed by atoms with Gasteiger partial charge in [-0.25, -0.2) is 0 Å². The van der Waals surface area contributed by atoms with E-state index in [0.717, 1.165) is 0 Å². The molecule has 0 aliphatic heterocycles. The fourth-order valence-electron chi connectivity index (χ4n) is 0. The summed E-state index contributed by atoms with van der Waals surface area (Å²) in [5.41, 5.74) is 4.61. The summed E-state index contributed by atoms with van der Waals surface area (Å²) < 4.78 is 0. The maximum atomic E-state index is 4.78. The van der Waals surface area contributed by atoms with Crippen LogP contribution < -0.4 is 5.73 Å². The molecule has 3 heteroatoms. The van der Waals surface area contributed by atoms with E-state index < -0.39 is 0 Å². The first kappa shape index (κ1) is 8.95. The third-order valence-electron chi connectivity index (χ3n) is 0. The molecule has 1 nitrogen and oxygen atoms in total. The van der Waals surface area contributed by atoms with E-state index in [1.54, 1.807) is 0 Å². The predicted molar refractivity (Wildman–Crippen MR) is 23.5 cm³/mol. The van der Waals surface area contributed by atoms with Crippen molar-refractivity contribution in [2.24, 2.45) is 5.73 Å². The van der Waals surface area contributed by atoms with E-state index in [-0.39, 0.29) is 33.3 Å². The van der Waals surface area contributed by atoms with E-state index in [1.807, 2.05) is 0 Å². The predicted octanol–water partition coefficient (Wildman–Crippen LogP) is -0.775. The van der Waals surface area contributed by atoms with Crippen LogP contribution in [0.2, 0.25) is 0 Å². The summed E-state index contributed by atoms with van der Waals surface area (Å²) in [4.78, 5) is 0. The molecule has 2 radical (unpaired) electrons. The molecule has 4 heavy (non-hydrogen) atoms. The van der Waals surface area contributed by atoms with E-state index in [0.29, 0.717) is 0 Å². The van der Waals surface area contributed by atoms with Crippen molar-refractivity contribution in [2.45, 2.75) is 0 Å². The Morgan fingerprint density at radius 2 is 1.75 bits per heavy atom. The van der Waals surface area contributed by atoms with E-state index in [2.05, 4.69) is 5.73 Å². The topological polar surface area (TPSA) is 26.0 Å². The number of rotatable bonds is 0. The average Bonchev–Trinajstić information content (AvgIpc) is 0.918. The number of hydrogen-bond acceptors (Lipinski definition) is 1. The molecule has 0 amide bonds. The molecule has 2 N–H and O–H groups in total. The van der Waals surface area contributed by atoms with Gasteiger partial charge in [-0.15, -0.1) is 11.6 Å².